The van der Waals surface area contributed by atoms with Crippen molar-refractivity contribution < 1.29 is 13.6 Å². The molecular weight excluding hydrogens is 324 g/mol. The molecule has 5 heteroatoms. The first-order valence-corrected chi connectivity index (χ1v) is 5.17. The van der Waals surface area contributed by atoms with Crippen LogP contribution in [-0.4, -0.2) is 5.78 Å². The van der Waals surface area contributed by atoms with Gasteiger partial charge in [-0.25, -0.2) is 8.78 Å². The maximum absolute atomic E-state index is 12.4. The number of halogens is 4. The lowest BCUT2D eigenvalue weighted by Gasteiger charge is -2.07. The summed E-state index contributed by atoms with van der Waals surface area (Å²) in [5.41, 5.74) is -0.0115. The Kier molecular flexibility index (Phi) is 3.83. The Labute approximate surface area is 98.6 Å². The Bertz CT molecular complexity index is 379. The molecule has 0 saturated carbocycles. The fourth-order valence-electron chi connectivity index (χ4n) is 1.00. The lowest BCUT2D eigenvalue weighted by atomic mass is 10.1. The number of ketones is 1. The highest BCUT2D eigenvalue weighted by molar-refractivity contribution is 14.1. The topological polar surface area (TPSA) is 17.1 Å². The number of hydrogen-bond acceptors (Lipinski definition) is 1. The SMILES string of the molecule is CC(=O)c1cc(C(F)F)c(Cl)cc1I. The van der Waals surface area contributed by atoms with Gasteiger partial charge in [0.2, 0.25) is 0 Å². The summed E-state index contributed by atoms with van der Waals surface area (Å²) in [6.07, 6.45) is -2.66. The summed E-state index contributed by atoms with van der Waals surface area (Å²) in [6.45, 7) is 1.33. The van der Waals surface area contributed by atoms with Gasteiger partial charge in [-0.05, 0) is 41.6 Å². The van der Waals surface area contributed by atoms with Crippen LogP contribution in [0.25, 0.3) is 0 Å². The molecular formula is C9H6ClF2IO. The lowest BCUT2D eigenvalue weighted by Crippen LogP contribution is -1.99. The highest BCUT2D eigenvalue weighted by atomic mass is 127. The van der Waals surface area contributed by atoms with E-state index in [4.69, 9.17) is 11.6 Å². The lowest BCUT2D eigenvalue weighted by molar-refractivity contribution is 0.101. The van der Waals surface area contributed by atoms with Gasteiger partial charge >= 0.3 is 0 Å². The van der Waals surface area contributed by atoms with Crippen molar-refractivity contribution in [1.29, 1.82) is 0 Å². The first-order valence-electron chi connectivity index (χ1n) is 3.71. The summed E-state index contributed by atoms with van der Waals surface area (Å²) in [5.74, 6) is -0.243. The monoisotopic (exact) mass is 330 g/mol. The zero-order valence-corrected chi connectivity index (χ0v) is 10.1. The number of Topliss-reactive ketones (excluding diaryl/α,β-unsaturated/α-hetero) is 1. The summed E-state index contributed by atoms with van der Waals surface area (Å²) >= 11 is 7.50. The normalized spacial score (nSPS) is 10.7. The quantitative estimate of drug-likeness (QED) is 0.590. The van der Waals surface area contributed by atoms with E-state index >= 15 is 0 Å². The van der Waals surface area contributed by atoms with E-state index in [1.165, 1.54) is 13.0 Å². The van der Waals surface area contributed by atoms with E-state index < -0.39 is 6.43 Å². The minimum Gasteiger partial charge on any atom is -0.294 e. The summed E-state index contributed by atoms with van der Waals surface area (Å²) in [4.78, 5) is 11.1. The molecule has 0 unspecified atom stereocenters. The molecule has 1 nitrogen and oxygen atoms in total. The largest absolute Gasteiger partial charge is 0.294 e. The van der Waals surface area contributed by atoms with Gasteiger partial charge in [0.05, 0.1) is 5.02 Å². The summed E-state index contributed by atoms with van der Waals surface area (Å²) < 4.78 is 25.4. The van der Waals surface area contributed by atoms with Crippen LogP contribution in [0.15, 0.2) is 12.1 Å². The van der Waals surface area contributed by atoms with Crippen molar-refractivity contribution >= 4 is 40.0 Å². The molecule has 1 aromatic rings. The molecule has 0 bridgehead atoms. The van der Waals surface area contributed by atoms with E-state index in [0.29, 0.717) is 3.57 Å². The Hall–Kier alpha value is -0.230. The van der Waals surface area contributed by atoms with Crippen LogP contribution in [0.2, 0.25) is 5.02 Å². The molecule has 0 fully saturated rings. The maximum Gasteiger partial charge on any atom is 0.265 e. The van der Waals surface area contributed by atoms with Gasteiger partial charge in [0.1, 0.15) is 0 Å². The van der Waals surface area contributed by atoms with Gasteiger partial charge < -0.3 is 0 Å². The molecule has 0 amide bonds. The Morgan fingerprint density at radius 3 is 2.50 bits per heavy atom. The van der Waals surface area contributed by atoms with Gasteiger partial charge in [0, 0.05) is 14.7 Å². The Balaban J connectivity index is 3.34. The molecule has 0 aliphatic rings. The standard InChI is InChI=1S/C9H6ClF2IO/c1-4(14)5-2-6(9(11)12)7(10)3-8(5)13/h2-3,9H,1H3. The average Bonchev–Trinajstić information content (AvgIpc) is 2.02. The minimum atomic E-state index is -2.66. The molecule has 76 valence electrons. The van der Waals surface area contributed by atoms with Crippen LogP contribution in [0, 0.1) is 3.57 Å². The third kappa shape index (κ3) is 2.42. The molecule has 0 aliphatic carbocycles. The van der Waals surface area contributed by atoms with E-state index in [2.05, 4.69) is 0 Å². The number of alkyl halides is 2. The van der Waals surface area contributed by atoms with Crippen LogP contribution < -0.4 is 0 Å². The number of hydrogen-bond donors (Lipinski definition) is 0. The van der Waals surface area contributed by atoms with Crippen LogP contribution >= 0.6 is 34.2 Å². The second kappa shape index (κ2) is 4.53. The predicted octanol–water partition coefficient (Wildman–Crippen LogP) is 4.08. The van der Waals surface area contributed by atoms with Gasteiger partial charge in [-0.15, -0.1) is 0 Å². The maximum atomic E-state index is 12.4. The highest BCUT2D eigenvalue weighted by Gasteiger charge is 2.16. The van der Waals surface area contributed by atoms with Crippen molar-refractivity contribution in [3.8, 4) is 0 Å². The number of benzene rings is 1. The third-order valence-corrected chi connectivity index (χ3v) is 2.92. The molecule has 0 radical (unpaired) electrons. The van der Waals surface area contributed by atoms with Gasteiger partial charge in [0.15, 0.2) is 5.78 Å². The van der Waals surface area contributed by atoms with Crippen molar-refractivity contribution in [3.05, 3.63) is 31.9 Å². The first kappa shape index (κ1) is 11.8. The predicted molar refractivity (Wildman–Crippen MR) is 59.1 cm³/mol. The van der Waals surface area contributed by atoms with Gasteiger partial charge in [-0.1, -0.05) is 11.6 Å². The van der Waals surface area contributed by atoms with Crippen molar-refractivity contribution in [2.75, 3.05) is 0 Å². The zero-order chi connectivity index (χ0) is 10.9. The Morgan fingerprint density at radius 2 is 2.07 bits per heavy atom. The molecule has 1 aromatic carbocycles. The van der Waals surface area contributed by atoms with E-state index in [9.17, 15) is 13.6 Å². The van der Waals surface area contributed by atoms with Gasteiger partial charge in [-0.3, -0.25) is 4.79 Å². The minimum absolute atomic E-state index is 0.00519. The smallest absolute Gasteiger partial charge is 0.265 e. The van der Waals surface area contributed by atoms with Crippen molar-refractivity contribution in [3.63, 3.8) is 0 Å². The molecule has 0 aliphatic heterocycles. The molecule has 0 heterocycles. The molecule has 0 saturated heterocycles. The van der Waals surface area contributed by atoms with Gasteiger partial charge in [-0.2, -0.15) is 0 Å². The fourth-order valence-corrected chi connectivity index (χ4v) is 2.28. The van der Waals surface area contributed by atoms with E-state index in [1.54, 1.807) is 0 Å². The molecule has 1 rings (SSSR count). The molecule has 14 heavy (non-hydrogen) atoms. The van der Waals surface area contributed by atoms with E-state index in [1.807, 2.05) is 22.6 Å². The number of carbonyl (C=O) groups excluding carboxylic acids is 1. The Morgan fingerprint density at radius 1 is 1.50 bits per heavy atom. The van der Waals surface area contributed by atoms with Crippen LogP contribution in [-0.2, 0) is 0 Å². The molecule has 0 spiro atoms. The van der Waals surface area contributed by atoms with E-state index in [-0.39, 0.29) is 21.9 Å². The third-order valence-electron chi connectivity index (χ3n) is 1.70. The molecule has 0 aromatic heterocycles. The number of carbonyl (C=O) groups is 1. The number of rotatable bonds is 2. The zero-order valence-electron chi connectivity index (χ0n) is 7.15. The van der Waals surface area contributed by atoms with Crippen LogP contribution in [0.1, 0.15) is 29.3 Å². The molecule has 0 N–H and O–H groups in total. The van der Waals surface area contributed by atoms with Crippen LogP contribution in [0.5, 0.6) is 0 Å². The average molecular weight is 330 g/mol. The van der Waals surface area contributed by atoms with E-state index in [0.717, 1.165) is 6.07 Å². The van der Waals surface area contributed by atoms with Gasteiger partial charge in [0.25, 0.3) is 6.43 Å². The summed E-state index contributed by atoms with van der Waals surface area (Å²) in [5, 5.41) is -0.00519. The second-order valence-electron chi connectivity index (χ2n) is 2.71. The summed E-state index contributed by atoms with van der Waals surface area (Å²) in [7, 11) is 0. The second-order valence-corrected chi connectivity index (χ2v) is 4.28. The molecule has 0 atom stereocenters. The van der Waals surface area contributed by atoms with Crippen molar-refractivity contribution in [1.82, 2.24) is 0 Å². The van der Waals surface area contributed by atoms with Crippen LogP contribution in [0.4, 0.5) is 8.78 Å². The summed E-state index contributed by atoms with van der Waals surface area (Å²) in [6, 6.07) is 2.53. The first-order chi connectivity index (χ1) is 6.43. The van der Waals surface area contributed by atoms with Crippen molar-refractivity contribution in [2.24, 2.45) is 0 Å². The van der Waals surface area contributed by atoms with Crippen molar-refractivity contribution in [2.45, 2.75) is 13.3 Å². The van der Waals surface area contributed by atoms with Crippen LogP contribution in [0.3, 0.4) is 0 Å². The fraction of sp³-hybridized carbons (Fsp3) is 0.222. The highest BCUT2D eigenvalue weighted by Crippen LogP contribution is 2.30.